The van der Waals surface area contributed by atoms with E-state index in [4.69, 9.17) is 0 Å². The van der Waals surface area contributed by atoms with Crippen molar-refractivity contribution < 1.29 is 19.2 Å². The van der Waals surface area contributed by atoms with E-state index in [9.17, 15) is 19.7 Å². The second-order valence-electron chi connectivity index (χ2n) is 3.22. The van der Waals surface area contributed by atoms with Crippen molar-refractivity contribution in [1.82, 2.24) is 10.3 Å². The molecule has 9 heteroatoms. The molecule has 1 atom stereocenters. The lowest BCUT2D eigenvalue weighted by Crippen LogP contribution is -2.34. The van der Waals surface area contributed by atoms with Crippen molar-refractivity contribution in [3.63, 3.8) is 0 Å². The van der Waals surface area contributed by atoms with Crippen molar-refractivity contribution in [3.8, 4) is 0 Å². The molecule has 2 N–H and O–H groups in total. The number of ether oxygens (including phenoxy) is 1. The summed E-state index contributed by atoms with van der Waals surface area (Å²) >= 11 is 3.03. The maximum atomic E-state index is 11.6. The van der Waals surface area contributed by atoms with Gasteiger partial charge in [0.25, 0.3) is 5.91 Å². The van der Waals surface area contributed by atoms with Crippen LogP contribution in [0.25, 0.3) is 0 Å². The Kier molecular flexibility index (Phi) is 4.84. The van der Waals surface area contributed by atoms with Crippen LogP contribution in [0.3, 0.4) is 0 Å². The maximum absolute atomic E-state index is 11.6. The van der Waals surface area contributed by atoms with Gasteiger partial charge in [0.2, 0.25) is 0 Å². The minimum absolute atomic E-state index is 0.0122. The monoisotopic (exact) mass is 319 g/mol. The quantitative estimate of drug-likeness (QED) is 0.357. The molecule has 1 aromatic rings. The molecule has 0 aliphatic rings. The summed E-state index contributed by atoms with van der Waals surface area (Å²) < 4.78 is 4.45. The number of amides is 1. The highest BCUT2D eigenvalue weighted by molar-refractivity contribution is 9.10. The highest BCUT2D eigenvalue weighted by Gasteiger charge is 2.19. The van der Waals surface area contributed by atoms with Crippen LogP contribution in [-0.2, 0) is 9.53 Å². The molecule has 1 unspecified atom stereocenters. The average molecular weight is 320 g/mol. The molecule has 8 nitrogen and oxygen atoms in total. The van der Waals surface area contributed by atoms with Crippen LogP contribution >= 0.6 is 15.9 Å². The van der Waals surface area contributed by atoms with Crippen LogP contribution in [0.15, 0.2) is 12.1 Å². The van der Waals surface area contributed by atoms with Gasteiger partial charge in [0, 0.05) is 12.6 Å². The third-order valence-corrected chi connectivity index (χ3v) is 2.71. The first-order valence-electron chi connectivity index (χ1n) is 4.79. The standard InChI is InChI=1S/C9H10BrN3O5/c1-18-9(15)5(10)4-11-8(14)6-2-3-7(12-6)13(16)17/h2-3,5,12H,4H2,1H3,(H,11,14). The highest BCUT2D eigenvalue weighted by Crippen LogP contribution is 2.09. The van der Waals surface area contributed by atoms with Crippen molar-refractivity contribution in [2.75, 3.05) is 13.7 Å². The Morgan fingerprint density at radius 2 is 2.28 bits per heavy atom. The van der Waals surface area contributed by atoms with Crippen molar-refractivity contribution in [2.45, 2.75) is 4.83 Å². The molecule has 0 aromatic carbocycles. The van der Waals surface area contributed by atoms with Crippen molar-refractivity contribution in [3.05, 3.63) is 27.9 Å². The maximum Gasteiger partial charge on any atom is 0.321 e. The van der Waals surface area contributed by atoms with Crippen LogP contribution in [0.2, 0.25) is 0 Å². The first-order valence-corrected chi connectivity index (χ1v) is 5.70. The molecule has 1 heterocycles. The molecule has 0 saturated heterocycles. The Bertz CT molecular complexity index is 473. The number of carbonyl (C=O) groups excluding carboxylic acids is 2. The number of alkyl halides is 1. The SMILES string of the molecule is COC(=O)C(Br)CNC(=O)c1ccc([N+](=O)[O-])[nH]1. The van der Waals surface area contributed by atoms with Gasteiger partial charge in [-0.2, -0.15) is 0 Å². The van der Waals surface area contributed by atoms with E-state index in [0.717, 1.165) is 0 Å². The Hall–Kier alpha value is -1.90. The highest BCUT2D eigenvalue weighted by atomic mass is 79.9. The van der Waals surface area contributed by atoms with Crippen LogP contribution in [0, 0.1) is 10.1 Å². The molecule has 0 aliphatic heterocycles. The van der Waals surface area contributed by atoms with E-state index in [1.165, 1.54) is 19.2 Å². The van der Waals surface area contributed by atoms with E-state index in [1.807, 2.05) is 0 Å². The molecule has 0 radical (unpaired) electrons. The molecule has 1 rings (SSSR count). The number of hydrogen-bond donors (Lipinski definition) is 2. The second-order valence-corrected chi connectivity index (χ2v) is 4.32. The minimum atomic E-state index is -0.670. The lowest BCUT2D eigenvalue weighted by atomic mass is 10.3. The van der Waals surface area contributed by atoms with Crippen molar-refractivity contribution in [2.24, 2.45) is 0 Å². The van der Waals surface area contributed by atoms with E-state index in [2.05, 4.69) is 31.0 Å². The molecule has 1 amide bonds. The normalized spacial score (nSPS) is 11.7. The average Bonchev–Trinajstić information content (AvgIpc) is 2.84. The Morgan fingerprint density at radius 3 is 2.78 bits per heavy atom. The number of nitrogens with zero attached hydrogens (tertiary/aromatic N) is 1. The number of nitro groups is 1. The fourth-order valence-electron chi connectivity index (χ4n) is 1.11. The number of methoxy groups -OCH3 is 1. The topological polar surface area (TPSA) is 114 Å². The Morgan fingerprint density at radius 1 is 1.61 bits per heavy atom. The first-order chi connectivity index (χ1) is 8.45. The molecule has 0 fully saturated rings. The molecule has 0 aliphatic carbocycles. The number of hydrogen-bond acceptors (Lipinski definition) is 5. The second kappa shape index (κ2) is 6.15. The van der Waals surface area contributed by atoms with Gasteiger partial charge in [0.15, 0.2) is 5.69 Å². The van der Waals surface area contributed by atoms with Gasteiger partial charge in [-0.15, -0.1) is 0 Å². The van der Waals surface area contributed by atoms with E-state index >= 15 is 0 Å². The summed E-state index contributed by atoms with van der Waals surface area (Å²) in [5.74, 6) is -1.34. The van der Waals surface area contributed by atoms with Crippen molar-refractivity contribution in [1.29, 1.82) is 0 Å². The summed E-state index contributed by atoms with van der Waals surface area (Å²) in [5, 5.41) is 12.8. The van der Waals surface area contributed by atoms with Gasteiger partial charge in [-0.05, 0) is 11.0 Å². The van der Waals surface area contributed by atoms with E-state index in [-0.39, 0.29) is 18.1 Å². The molecule has 1 aromatic heterocycles. The zero-order valence-corrected chi connectivity index (χ0v) is 10.9. The zero-order valence-electron chi connectivity index (χ0n) is 9.31. The number of esters is 1. The van der Waals surface area contributed by atoms with Crippen LogP contribution < -0.4 is 5.32 Å². The summed E-state index contributed by atoms with van der Waals surface area (Å²) in [6, 6.07) is 2.47. The fourth-order valence-corrected chi connectivity index (χ4v) is 1.46. The zero-order chi connectivity index (χ0) is 13.7. The molecule has 0 bridgehead atoms. The van der Waals surface area contributed by atoms with Gasteiger partial charge >= 0.3 is 11.8 Å². The van der Waals surface area contributed by atoms with E-state index in [0.29, 0.717) is 0 Å². The largest absolute Gasteiger partial charge is 0.468 e. The number of halogens is 1. The molecule has 18 heavy (non-hydrogen) atoms. The number of nitrogens with one attached hydrogen (secondary N) is 2. The lowest BCUT2D eigenvalue weighted by Gasteiger charge is -2.07. The Balaban J connectivity index is 2.55. The van der Waals surface area contributed by atoms with Gasteiger partial charge in [-0.1, -0.05) is 15.9 Å². The van der Waals surface area contributed by atoms with Crippen molar-refractivity contribution >= 4 is 33.6 Å². The molecular weight excluding hydrogens is 310 g/mol. The van der Waals surface area contributed by atoms with Crippen LogP contribution in [0.5, 0.6) is 0 Å². The van der Waals surface area contributed by atoms with Crippen LogP contribution in [0.1, 0.15) is 10.5 Å². The van der Waals surface area contributed by atoms with Gasteiger partial charge in [-0.25, -0.2) is 4.98 Å². The number of carbonyl (C=O) groups is 2. The summed E-state index contributed by atoms with van der Waals surface area (Å²) in [6.07, 6.45) is 0. The third kappa shape index (κ3) is 3.55. The molecule has 0 saturated carbocycles. The predicted octanol–water partition coefficient (Wildman–Crippen LogP) is 0.589. The third-order valence-electron chi connectivity index (χ3n) is 2.01. The first kappa shape index (κ1) is 14.2. The van der Waals surface area contributed by atoms with Gasteiger partial charge in [-0.3, -0.25) is 9.59 Å². The molecule has 98 valence electrons. The number of rotatable bonds is 5. The van der Waals surface area contributed by atoms with Gasteiger partial charge < -0.3 is 20.2 Å². The van der Waals surface area contributed by atoms with E-state index < -0.39 is 21.6 Å². The van der Waals surface area contributed by atoms with Crippen LogP contribution in [0.4, 0.5) is 5.82 Å². The summed E-state index contributed by atoms with van der Waals surface area (Å²) in [6.45, 7) is 0.0122. The van der Waals surface area contributed by atoms with E-state index in [1.54, 1.807) is 0 Å². The fraction of sp³-hybridized carbons (Fsp3) is 0.333. The van der Waals surface area contributed by atoms with Gasteiger partial charge in [0.05, 0.1) is 7.11 Å². The molecular formula is C9H10BrN3O5. The minimum Gasteiger partial charge on any atom is -0.468 e. The summed E-state index contributed by atoms with van der Waals surface area (Å²) in [7, 11) is 1.23. The number of aromatic amines is 1. The van der Waals surface area contributed by atoms with Gasteiger partial charge in [0.1, 0.15) is 4.83 Å². The van der Waals surface area contributed by atoms with Crippen LogP contribution in [-0.4, -0.2) is 40.3 Å². The number of aromatic nitrogens is 1. The number of H-pyrrole nitrogens is 1. The predicted molar refractivity (Wildman–Crippen MR) is 64.5 cm³/mol. The Labute approximate surface area is 110 Å². The summed E-state index contributed by atoms with van der Waals surface area (Å²) in [4.78, 5) is 34.0. The smallest absolute Gasteiger partial charge is 0.321 e. The lowest BCUT2D eigenvalue weighted by molar-refractivity contribution is -0.389. The summed E-state index contributed by atoms with van der Waals surface area (Å²) in [5.41, 5.74) is 0.0475. The molecule has 0 spiro atoms.